The highest BCUT2D eigenvalue weighted by Gasteiger charge is 2.29. The molecule has 4 heteroatoms. The number of hydrogen-bond donors (Lipinski definition) is 0. The predicted octanol–water partition coefficient (Wildman–Crippen LogP) is 1.99. The molecule has 2 heterocycles. The summed E-state index contributed by atoms with van der Waals surface area (Å²) in [5, 5.41) is 1.46. The molecule has 2 nitrogen and oxygen atoms in total. The van der Waals surface area contributed by atoms with Gasteiger partial charge in [0.05, 0.1) is 5.25 Å². The first-order valence-electron chi connectivity index (χ1n) is 3.21. The van der Waals surface area contributed by atoms with Gasteiger partial charge in [-0.2, -0.15) is 0 Å². The summed E-state index contributed by atoms with van der Waals surface area (Å²) in [5.74, 6) is 1.04. The maximum Gasteiger partial charge on any atom is 0.203 e. The van der Waals surface area contributed by atoms with Gasteiger partial charge in [-0.05, 0) is 17.7 Å². The molecule has 0 aromatic rings. The Morgan fingerprint density at radius 2 is 2.20 bits per heavy atom. The Kier molecular flexibility index (Phi) is 1.74. The van der Waals surface area contributed by atoms with Gasteiger partial charge in [-0.3, -0.25) is 0 Å². The zero-order valence-corrected chi connectivity index (χ0v) is 7.26. The lowest BCUT2D eigenvalue weighted by molar-refractivity contribution is 0.0766. The van der Waals surface area contributed by atoms with Crippen LogP contribution in [0.5, 0.6) is 0 Å². The summed E-state index contributed by atoms with van der Waals surface area (Å²) >= 11 is 0. The maximum atomic E-state index is 5.43. The molecule has 0 radical (unpaired) electrons. The van der Waals surface area contributed by atoms with Crippen LogP contribution in [0.3, 0.4) is 0 Å². The van der Waals surface area contributed by atoms with Crippen molar-refractivity contribution in [2.24, 2.45) is 0 Å². The van der Waals surface area contributed by atoms with E-state index in [1.165, 1.54) is 0 Å². The molecule has 10 heavy (non-hydrogen) atoms. The second-order valence-electron chi connectivity index (χ2n) is 2.17. The minimum atomic E-state index is 0.472. The summed E-state index contributed by atoms with van der Waals surface area (Å²) in [6.45, 7) is 3.55. The summed E-state index contributed by atoms with van der Waals surface area (Å²) in [6, 6.07) is 0. The highest BCUT2D eigenvalue weighted by Crippen LogP contribution is 2.48. The summed E-state index contributed by atoms with van der Waals surface area (Å²) in [4.78, 5) is 0. The van der Waals surface area contributed by atoms with Crippen molar-refractivity contribution in [2.75, 3.05) is 13.2 Å². The lowest BCUT2D eigenvalue weighted by Crippen LogP contribution is -2.14. The lowest BCUT2D eigenvalue weighted by atomic mass is 10.4. The van der Waals surface area contributed by atoms with Gasteiger partial charge >= 0.3 is 0 Å². The van der Waals surface area contributed by atoms with Crippen molar-refractivity contribution in [1.29, 1.82) is 0 Å². The fraction of sp³-hybridized carbons (Fsp3) is 0.667. The van der Waals surface area contributed by atoms with Gasteiger partial charge in [0.1, 0.15) is 13.2 Å². The van der Waals surface area contributed by atoms with Gasteiger partial charge < -0.3 is 9.47 Å². The highest BCUT2D eigenvalue weighted by molar-refractivity contribution is 8.78. The van der Waals surface area contributed by atoms with E-state index in [-0.39, 0.29) is 0 Å². The van der Waals surface area contributed by atoms with E-state index in [0.717, 1.165) is 10.9 Å². The Labute approximate surface area is 67.7 Å². The van der Waals surface area contributed by atoms with E-state index < -0.39 is 0 Å². The van der Waals surface area contributed by atoms with E-state index in [9.17, 15) is 0 Å². The van der Waals surface area contributed by atoms with Crippen LogP contribution in [0, 0.1) is 0 Å². The van der Waals surface area contributed by atoms with Crippen molar-refractivity contribution in [3.63, 3.8) is 0 Å². The van der Waals surface area contributed by atoms with Crippen molar-refractivity contribution in [3.8, 4) is 0 Å². The van der Waals surface area contributed by atoms with Gasteiger partial charge in [0.15, 0.2) is 5.76 Å². The summed E-state index contributed by atoms with van der Waals surface area (Å²) in [5.41, 5.74) is 0. The van der Waals surface area contributed by atoms with E-state index in [2.05, 4.69) is 6.92 Å². The monoisotopic (exact) mass is 176 g/mol. The van der Waals surface area contributed by atoms with Crippen LogP contribution >= 0.6 is 21.6 Å². The molecule has 0 aliphatic carbocycles. The summed E-state index contributed by atoms with van der Waals surface area (Å²) in [6.07, 6.45) is 0. The Hall–Kier alpha value is 0.0400. The van der Waals surface area contributed by atoms with Crippen LogP contribution in [-0.2, 0) is 9.47 Å². The van der Waals surface area contributed by atoms with Crippen molar-refractivity contribution >= 4 is 21.6 Å². The lowest BCUT2D eigenvalue weighted by Gasteiger charge is -2.16. The van der Waals surface area contributed by atoms with Crippen molar-refractivity contribution in [3.05, 3.63) is 10.9 Å². The van der Waals surface area contributed by atoms with Crippen LogP contribution in [0.15, 0.2) is 10.9 Å². The Bertz CT molecular complexity index is 179. The van der Waals surface area contributed by atoms with E-state index in [4.69, 9.17) is 9.47 Å². The molecule has 0 spiro atoms. The van der Waals surface area contributed by atoms with Crippen LogP contribution in [0.25, 0.3) is 0 Å². The molecule has 0 bridgehead atoms. The number of rotatable bonds is 0. The quantitative estimate of drug-likeness (QED) is 0.525. The Morgan fingerprint density at radius 1 is 1.40 bits per heavy atom. The third-order valence-electron chi connectivity index (χ3n) is 1.41. The smallest absolute Gasteiger partial charge is 0.203 e. The van der Waals surface area contributed by atoms with Crippen molar-refractivity contribution < 1.29 is 9.47 Å². The fourth-order valence-corrected chi connectivity index (χ4v) is 3.29. The average Bonchev–Trinajstić information content (AvgIpc) is 2.34. The second kappa shape index (κ2) is 2.58. The number of ether oxygens (including phenoxy) is 2. The topological polar surface area (TPSA) is 18.5 Å². The van der Waals surface area contributed by atoms with Crippen molar-refractivity contribution in [2.45, 2.75) is 12.2 Å². The Morgan fingerprint density at radius 3 is 3.00 bits per heavy atom. The standard InChI is InChI=1S/C6H8O2S2/c1-4-5-6(10-9-4)8-3-2-7-5/h4H,2-3H2,1H3. The van der Waals surface area contributed by atoms with Crippen LogP contribution in [0.1, 0.15) is 6.92 Å². The van der Waals surface area contributed by atoms with Crippen LogP contribution in [0.2, 0.25) is 0 Å². The molecule has 0 aromatic heterocycles. The first-order chi connectivity index (χ1) is 4.88. The molecule has 0 N–H and O–H groups in total. The zero-order valence-electron chi connectivity index (χ0n) is 5.62. The molecule has 1 atom stereocenters. The summed E-state index contributed by atoms with van der Waals surface area (Å²) < 4.78 is 10.8. The SMILES string of the molecule is CC1SSC2=C1OCCO2. The first kappa shape index (κ1) is 6.73. The van der Waals surface area contributed by atoms with Gasteiger partial charge in [0.25, 0.3) is 0 Å². The van der Waals surface area contributed by atoms with Gasteiger partial charge in [-0.25, -0.2) is 0 Å². The summed E-state index contributed by atoms with van der Waals surface area (Å²) in [7, 11) is 3.48. The number of hydrogen-bond acceptors (Lipinski definition) is 4. The molecule has 0 aromatic carbocycles. The highest BCUT2D eigenvalue weighted by atomic mass is 33.1. The molecular formula is C6H8O2S2. The van der Waals surface area contributed by atoms with Crippen LogP contribution in [-0.4, -0.2) is 18.5 Å². The molecular weight excluding hydrogens is 168 g/mol. The molecule has 0 fully saturated rings. The van der Waals surface area contributed by atoms with Gasteiger partial charge in [0, 0.05) is 0 Å². The molecule has 0 saturated carbocycles. The molecule has 2 aliphatic heterocycles. The Balaban J connectivity index is 2.20. The molecule has 0 saturated heterocycles. The minimum absolute atomic E-state index is 0.472. The van der Waals surface area contributed by atoms with E-state index in [0.29, 0.717) is 18.5 Å². The molecule has 56 valence electrons. The third kappa shape index (κ3) is 0.992. The minimum Gasteiger partial charge on any atom is -0.489 e. The molecule has 2 rings (SSSR count). The first-order valence-corrected chi connectivity index (χ1v) is 5.42. The maximum absolute atomic E-state index is 5.43. The molecule has 1 unspecified atom stereocenters. The third-order valence-corrected chi connectivity index (χ3v) is 4.09. The average molecular weight is 176 g/mol. The second-order valence-corrected chi connectivity index (χ2v) is 4.68. The molecule has 2 aliphatic rings. The fourth-order valence-electron chi connectivity index (χ4n) is 0.924. The van der Waals surface area contributed by atoms with Gasteiger partial charge in [-0.15, -0.1) is 0 Å². The van der Waals surface area contributed by atoms with E-state index in [1.807, 2.05) is 0 Å². The zero-order chi connectivity index (χ0) is 6.97. The van der Waals surface area contributed by atoms with E-state index in [1.54, 1.807) is 21.6 Å². The molecule has 0 amide bonds. The largest absolute Gasteiger partial charge is 0.489 e. The van der Waals surface area contributed by atoms with Gasteiger partial charge in [-0.1, -0.05) is 10.8 Å². The normalized spacial score (nSPS) is 31.1. The van der Waals surface area contributed by atoms with Crippen molar-refractivity contribution in [1.82, 2.24) is 0 Å². The van der Waals surface area contributed by atoms with E-state index >= 15 is 0 Å². The predicted molar refractivity (Wildman–Crippen MR) is 43.6 cm³/mol. The van der Waals surface area contributed by atoms with Gasteiger partial charge in [0.2, 0.25) is 5.09 Å². The van der Waals surface area contributed by atoms with Crippen LogP contribution in [0.4, 0.5) is 0 Å². The van der Waals surface area contributed by atoms with Crippen LogP contribution < -0.4 is 0 Å².